The molecule has 0 amide bonds. The summed E-state index contributed by atoms with van der Waals surface area (Å²) in [4.78, 5) is 10.1. The molecule has 0 radical (unpaired) electrons. The van der Waals surface area contributed by atoms with Gasteiger partial charge in [0.15, 0.2) is 0 Å². The van der Waals surface area contributed by atoms with Crippen molar-refractivity contribution >= 4 is 68.6 Å². The average molecular weight is 1080 g/mol. The van der Waals surface area contributed by atoms with Gasteiger partial charge in [0.25, 0.3) is 0 Å². The smallest absolute Gasteiger partial charge is 0.136 e. The van der Waals surface area contributed by atoms with Crippen molar-refractivity contribution in [2.75, 3.05) is 0 Å². The standard InChI is InChI=1S/C70H46O4S4/c71-41-49-25-31-51(39-57(49)43-13-3-1-4-14-43)73-59-35-29-45-37-47(55-17-11-23-65-69(55)77-63-21-9-7-19-61(63)75-65)27-33-53(45)67(59)68-54-34-28-48(56-18-12-24-66-70(56)78-64-22-10-8-20-62(64)76-66)38-46(54)30-36-60(68)74-52-32-26-50(42-72)58(40-52)44-15-5-2-6-16-44/h1-40,71-72H,41-42H2. The van der Waals surface area contributed by atoms with E-state index >= 15 is 0 Å². The van der Waals surface area contributed by atoms with Crippen LogP contribution >= 0.6 is 47.0 Å². The van der Waals surface area contributed by atoms with Gasteiger partial charge in [0.2, 0.25) is 0 Å². The number of hydrogen-bond donors (Lipinski definition) is 2. The van der Waals surface area contributed by atoms with E-state index in [-0.39, 0.29) is 13.2 Å². The number of hydrogen-bond acceptors (Lipinski definition) is 8. The second kappa shape index (κ2) is 20.8. The SMILES string of the molecule is OCc1ccc(Oc2ccc3cc(-c4cccc5c4Sc4ccccc4S5)ccc3c2-c2c(Oc3ccc(CO)c(-c4ccccc4)c3)ccc3cc(-c4cccc5c4Sc4ccccc4S5)ccc23)cc1-c1ccccc1. The largest absolute Gasteiger partial charge is 0.457 e. The minimum Gasteiger partial charge on any atom is -0.457 e. The monoisotopic (exact) mass is 1080 g/mol. The molecule has 0 saturated carbocycles. The highest BCUT2D eigenvalue weighted by atomic mass is 32.2. The van der Waals surface area contributed by atoms with Crippen LogP contribution < -0.4 is 9.47 Å². The van der Waals surface area contributed by atoms with Crippen LogP contribution in [0.25, 0.3) is 77.2 Å². The van der Waals surface area contributed by atoms with Gasteiger partial charge in [-0.3, -0.25) is 0 Å². The van der Waals surface area contributed by atoms with Crippen molar-refractivity contribution in [3.8, 4) is 78.6 Å². The zero-order valence-corrected chi connectivity index (χ0v) is 45.1. The summed E-state index contributed by atoms with van der Waals surface area (Å²) in [6.45, 7) is -0.216. The number of benzene rings is 12. The Labute approximate surface area is 469 Å². The van der Waals surface area contributed by atoms with Crippen molar-refractivity contribution < 1.29 is 19.7 Å². The van der Waals surface area contributed by atoms with Crippen LogP contribution in [-0.4, -0.2) is 10.2 Å². The van der Waals surface area contributed by atoms with Gasteiger partial charge in [0.05, 0.1) is 13.2 Å². The van der Waals surface area contributed by atoms with E-state index in [0.29, 0.717) is 23.0 Å². The van der Waals surface area contributed by atoms with Gasteiger partial charge in [-0.25, -0.2) is 0 Å². The van der Waals surface area contributed by atoms with Crippen molar-refractivity contribution in [2.45, 2.75) is 52.4 Å². The summed E-state index contributed by atoms with van der Waals surface area (Å²) in [5, 5.41) is 25.2. The maximum Gasteiger partial charge on any atom is 0.136 e. The summed E-state index contributed by atoms with van der Waals surface area (Å²) >= 11 is 7.33. The summed E-state index contributed by atoms with van der Waals surface area (Å²) in [6.07, 6.45) is 0. The molecule has 0 saturated heterocycles. The molecule has 14 rings (SSSR count). The molecule has 0 fully saturated rings. The maximum absolute atomic E-state index is 10.6. The molecular formula is C70H46O4S4. The fourth-order valence-electron chi connectivity index (χ4n) is 10.7. The highest BCUT2D eigenvalue weighted by Crippen LogP contribution is 2.55. The molecule has 0 spiro atoms. The number of aliphatic hydroxyl groups excluding tert-OH is 2. The fraction of sp³-hybridized carbons (Fsp3) is 0.0286. The molecule has 0 aromatic heterocycles. The lowest BCUT2D eigenvalue weighted by atomic mass is 9.89. The van der Waals surface area contributed by atoms with E-state index in [0.717, 1.165) is 77.2 Å². The fourth-order valence-corrected chi connectivity index (χ4v) is 15.5. The number of rotatable bonds is 11. The first kappa shape index (κ1) is 48.5. The molecule has 8 heteroatoms. The molecule has 2 heterocycles. The first-order chi connectivity index (χ1) is 38.5. The van der Waals surface area contributed by atoms with Gasteiger partial charge in [-0.1, -0.05) is 205 Å². The Kier molecular flexibility index (Phi) is 12.9. The van der Waals surface area contributed by atoms with Gasteiger partial charge < -0.3 is 19.7 Å². The van der Waals surface area contributed by atoms with Gasteiger partial charge in [0.1, 0.15) is 23.0 Å². The first-order valence-corrected chi connectivity index (χ1v) is 29.0. The number of fused-ring (bicyclic) bond motifs is 6. The van der Waals surface area contributed by atoms with Crippen molar-refractivity contribution in [2.24, 2.45) is 0 Å². The normalized spacial score (nSPS) is 12.4. The molecule has 78 heavy (non-hydrogen) atoms. The van der Waals surface area contributed by atoms with Gasteiger partial charge in [-0.05, 0) is 162 Å². The molecule has 0 bridgehead atoms. The molecule has 0 atom stereocenters. The van der Waals surface area contributed by atoms with E-state index in [4.69, 9.17) is 9.47 Å². The first-order valence-electron chi connectivity index (χ1n) is 25.8. The van der Waals surface area contributed by atoms with Crippen LogP contribution in [0.3, 0.4) is 0 Å². The lowest BCUT2D eigenvalue weighted by Gasteiger charge is -2.23. The third-order valence-electron chi connectivity index (χ3n) is 14.5. The molecule has 2 aliphatic heterocycles. The molecule has 0 unspecified atom stereocenters. The summed E-state index contributed by atoms with van der Waals surface area (Å²) in [5.41, 5.74) is 11.8. The van der Waals surface area contributed by atoms with Crippen LogP contribution in [-0.2, 0) is 13.2 Å². The van der Waals surface area contributed by atoms with Crippen LogP contribution in [0.1, 0.15) is 11.1 Å². The van der Waals surface area contributed by atoms with Crippen LogP contribution in [0, 0.1) is 0 Å². The minimum absolute atomic E-state index is 0.108. The predicted molar refractivity (Wildman–Crippen MR) is 323 cm³/mol. The van der Waals surface area contributed by atoms with Crippen LogP contribution in [0.2, 0.25) is 0 Å². The molecule has 0 aliphatic carbocycles. The Morgan fingerprint density at radius 3 is 1.12 bits per heavy atom. The topological polar surface area (TPSA) is 58.9 Å². The molecule has 12 aromatic carbocycles. The summed E-state index contributed by atoms with van der Waals surface area (Å²) in [7, 11) is 0. The van der Waals surface area contributed by atoms with E-state index in [1.807, 2.05) is 120 Å². The van der Waals surface area contributed by atoms with Gasteiger partial charge >= 0.3 is 0 Å². The highest BCUT2D eigenvalue weighted by molar-refractivity contribution is 8.05. The van der Waals surface area contributed by atoms with Crippen LogP contribution in [0.4, 0.5) is 0 Å². The lowest BCUT2D eigenvalue weighted by Crippen LogP contribution is -1.97. The second-order valence-corrected chi connectivity index (χ2v) is 23.5. The number of ether oxygens (including phenoxy) is 2. The van der Waals surface area contributed by atoms with Crippen molar-refractivity contribution in [1.29, 1.82) is 0 Å². The van der Waals surface area contributed by atoms with Gasteiger partial charge in [-0.15, -0.1) is 0 Å². The molecule has 2 aliphatic rings. The van der Waals surface area contributed by atoms with Crippen molar-refractivity contribution in [3.63, 3.8) is 0 Å². The Bertz CT molecular complexity index is 4030. The zero-order valence-electron chi connectivity index (χ0n) is 41.9. The quantitative estimate of drug-likeness (QED) is 0.133. The van der Waals surface area contributed by atoms with E-state index in [9.17, 15) is 10.2 Å². The summed E-state index contributed by atoms with van der Waals surface area (Å²) in [6, 6.07) is 84.8. The average Bonchev–Trinajstić information content (AvgIpc) is 3.52. The third kappa shape index (κ3) is 9.04. The molecule has 2 N–H and O–H groups in total. The minimum atomic E-state index is -0.108. The van der Waals surface area contributed by atoms with Crippen LogP contribution in [0.5, 0.6) is 23.0 Å². The third-order valence-corrected chi connectivity index (χ3v) is 19.7. The Morgan fingerprint density at radius 2 is 0.692 bits per heavy atom. The van der Waals surface area contributed by atoms with Crippen LogP contribution in [0.15, 0.2) is 282 Å². The Hall–Kier alpha value is -7.92. The second-order valence-electron chi connectivity index (χ2n) is 19.2. The highest BCUT2D eigenvalue weighted by Gasteiger charge is 2.26. The van der Waals surface area contributed by atoms with Crippen molar-refractivity contribution in [3.05, 3.63) is 254 Å². The predicted octanol–water partition coefficient (Wildman–Crippen LogP) is 20.1. The molecular weight excluding hydrogens is 1030 g/mol. The zero-order chi connectivity index (χ0) is 52.1. The van der Waals surface area contributed by atoms with Gasteiger partial charge in [0, 0.05) is 50.3 Å². The van der Waals surface area contributed by atoms with E-state index in [1.54, 1.807) is 0 Å². The maximum atomic E-state index is 10.6. The molecule has 374 valence electrons. The van der Waals surface area contributed by atoms with E-state index in [1.165, 1.54) is 50.3 Å². The van der Waals surface area contributed by atoms with Crippen molar-refractivity contribution in [1.82, 2.24) is 0 Å². The summed E-state index contributed by atoms with van der Waals surface area (Å²) in [5.74, 6) is 2.57. The molecule has 12 aromatic rings. The van der Waals surface area contributed by atoms with E-state index in [2.05, 4.69) is 170 Å². The van der Waals surface area contributed by atoms with E-state index < -0.39 is 0 Å². The summed E-state index contributed by atoms with van der Waals surface area (Å²) < 4.78 is 14.5. The Morgan fingerprint density at radius 1 is 0.295 bits per heavy atom. The number of aliphatic hydroxyl groups is 2. The lowest BCUT2D eigenvalue weighted by molar-refractivity contribution is 0.282. The Balaban J connectivity index is 0.980. The van der Waals surface area contributed by atoms with Gasteiger partial charge in [-0.2, -0.15) is 0 Å². The molecule has 4 nitrogen and oxygen atoms in total.